The molecule has 8 heteroatoms. The second kappa shape index (κ2) is 7.64. The average molecular weight is 327 g/mol. The third-order valence-corrected chi connectivity index (χ3v) is 4.60. The highest BCUT2D eigenvalue weighted by atomic mass is 32.1. The van der Waals surface area contributed by atoms with Gasteiger partial charge in [-0.1, -0.05) is 11.3 Å². The number of esters is 1. The number of hydrogen-bond acceptors (Lipinski definition) is 7. The normalized spacial score (nSPS) is 16.5. The molecule has 1 N–H and O–H groups in total. The van der Waals surface area contributed by atoms with Crippen LogP contribution in [0, 0.1) is 0 Å². The Morgan fingerprint density at radius 2 is 2.05 bits per heavy atom. The molecule has 1 saturated carbocycles. The molecule has 1 aromatic rings. The molecule has 0 radical (unpaired) electrons. The van der Waals surface area contributed by atoms with Crippen molar-refractivity contribution >= 4 is 28.3 Å². The highest BCUT2D eigenvalue weighted by molar-refractivity contribution is 7.15. The number of aryl methyl sites for hydroxylation is 1. The summed E-state index contributed by atoms with van der Waals surface area (Å²) in [5, 5.41) is 11.9. The summed E-state index contributed by atoms with van der Waals surface area (Å²) in [6, 6.07) is 0. The molecule has 0 aliphatic heterocycles. The van der Waals surface area contributed by atoms with E-state index >= 15 is 0 Å². The molecule has 1 heterocycles. The third kappa shape index (κ3) is 4.01. The van der Waals surface area contributed by atoms with E-state index in [0.29, 0.717) is 23.2 Å². The Morgan fingerprint density at radius 1 is 1.32 bits per heavy atom. The van der Waals surface area contributed by atoms with Crippen LogP contribution in [0.5, 0.6) is 0 Å². The molecule has 2 rings (SSSR count). The van der Waals surface area contributed by atoms with Crippen molar-refractivity contribution in [3.63, 3.8) is 0 Å². The molecule has 0 unspecified atom stereocenters. The van der Waals surface area contributed by atoms with Crippen molar-refractivity contribution in [2.75, 3.05) is 19.0 Å². The standard InChI is InChI=1S/C14H21N3O4S/c1-3-21-14(8-4-5-9-14)12(19)15-13-17-16-10(22-13)6-7-11(18)20-2/h3-9H2,1-2H3,(H,15,17,19). The van der Waals surface area contributed by atoms with Gasteiger partial charge >= 0.3 is 5.97 Å². The summed E-state index contributed by atoms with van der Waals surface area (Å²) in [6.45, 7) is 2.40. The SMILES string of the molecule is CCOC1(C(=O)Nc2nnc(CCC(=O)OC)s2)CCCC1. The lowest BCUT2D eigenvalue weighted by molar-refractivity contribution is -0.141. The number of nitrogens with zero attached hydrogens (tertiary/aromatic N) is 2. The van der Waals surface area contributed by atoms with Gasteiger partial charge in [-0.2, -0.15) is 0 Å². The maximum atomic E-state index is 12.5. The maximum Gasteiger partial charge on any atom is 0.305 e. The van der Waals surface area contributed by atoms with Crippen LogP contribution >= 0.6 is 11.3 Å². The number of ether oxygens (including phenoxy) is 2. The van der Waals surface area contributed by atoms with E-state index in [0.717, 1.165) is 25.7 Å². The molecule has 0 aromatic carbocycles. The van der Waals surface area contributed by atoms with Gasteiger partial charge in [0.15, 0.2) is 0 Å². The molecule has 1 aromatic heterocycles. The molecule has 0 atom stereocenters. The Hall–Kier alpha value is -1.54. The van der Waals surface area contributed by atoms with Gasteiger partial charge in [0.2, 0.25) is 5.13 Å². The molecule has 0 spiro atoms. The van der Waals surface area contributed by atoms with E-state index in [-0.39, 0.29) is 18.3 Å². The van der Waals surface area contributed by atoms with Crippen molar-refractivity contribution in [2.45, 2.75) is 51.0 Å². The third-order valence-electron chi connectivity index (χ3n) is 3.70. The number of aromatic nitrogens is 2. The largest absolute Gasteiger partial charge is 0.469 e. The zero-order valence-electron chi connectivity index (χ0n) is 12.9. The highest BCUT2D eigenvalue weighted by Gasteiger charge is 2.42. The predicted octanol–water partition coefficient (Wildman–Crippen LogP) is 1.93. The molecule has 0 saturated heterocycles. The monoisotopic (exact) mass is 327 g/mol. The fourth-order valence-corrected chi connectivity index (χ4v) is 3.32. The van der Waals surface area contributed by atoms with Gasteiger partial charge in [0, 0.05) is 13.0 Å². The van der Waals surface area contributed by atoms with E-state index in [1.54, 1.807) is 0 Å². The van der Waals surface area contributed by atoms with Crippen LogP contribution in [0.15, 0.2) is 0 Å². The van der Waals surface area contributed by atoms with Gasteiger partial charge in [-0.15, -0.1) is 10.2 Å². The van der Waals surface area contributed by atoms with Crippen LogP contribution < -0.4 is 5.32 Å². The summed E-state index contributed by atoms with van der Waals surface area (Å²) in [6.07, 6.45) is 4.17. The van der Waals surface area contributed by atoms with E-state index in [1.807, 2.05) is 6.92 Å². The molecule has 122 valence electrons. The highest BCUT2D eigenvalue weighted by Crippen LogP contribution is 2.34. The van der Waals surface area contributed by atoms with Gasteiger partial charge in [-0.05, 0) is 32.6 Å². The quantitative estimate of drug-likeness (QED) is 0.770. The van der Waals surface area contributed by atoms with Crippen LogP contribution in [0.2, 0.25) is 0 Å². The summed E-state index contributed by atoms with van der Waals surface area (Å²) in [7, 11) is 1.35. The van der Waals surface area contributed by atoms with E-state index in [9.17, 15) is 9.59 Å². The van der Waals surface area contributed by atoms with E-state index < -0.39 is 5.60 Å². The van der Waals surface area contributed by atoms with Crippen LogP contribution in [0.1, 0.15) is 44.0 Å². The first-order valence-electron chi connectivity index (χ1n) is 7.44. The molecule has 22 heavy (non-hydrogen) atoms. The minimum Gasteiger partial charge on any atom is -0.469 e. The first kappa shape index (κ1) is 16.8. The van der Waals surface area contributed by atoms with Crippen LogP contribution in [0.25, 0.3) is 0 Å². The van der Waals surface area contributed by atoms with Gasteiger partial charge in [-0.3, -0.25) is 14.9 Å². The van der Waals surface area contributed by atoms with Crippen molar-refractivity contribution in [2.24, 2.45) is 0 Å². The number of methoxy groups -OCH3 is 1. The summed E-state index contributed by atoms with van der Waals surface area (Å²) in [4.78, 5) is 23.6. The van der Waals surface area contributed by atoms with Crippen molar-refractivity contribution in [1.82, 2.24) is 10.2 Å². The molecule has 1 amide bonds. The number of rotatable bonds is 7. The molecular weight excluding hydrogens is 306 g/mol. The lowest BCUT2D eigenvalue weighted by atomic mass is 10.0. The molecular formula is C14H21N3O4S. The number of carbonyl (C=O) groups is 2. The first-order valence-corrected chi connectivity index (χ1v) is 8.26. The predicted molar refractivity (Wildman–Crippen MR) is 81.7 cm³/mol. The van der Waals surface area contributed by atoms with Crippen molar-refractivity contribution in [1.29, 1.82) is 0 Å². The van der Waals surface area contributed by atoms with Crippen molar-refractivity contribution in [3.05, 3.63) is 5.01 Å². The zero-order chi connectivity index (χ0) is 16.0. The maximum absolute atomic E-state index is 12.5. The summed E-state index contributed by atoms with van der Waals surface area (Å²) in [5.41, 5.74) is -0.730. The van der Waals surface area contributed by atoms with Gasteiger partial charge in [0.1, 0.15) is 10.6 Å². The molecule has 1 aliphatic carbocycles. The van der Waals surface area contributed by atoms with Crippen LogP contribution in [-0.2, 0) is 25.5 Å². The lowest BCUT2D eigenvalue weighted by Gasteiger charge is -2.26. The number of amides is 1. The number of hydrogen-bond donors (Lipinski definition) is 1. The van der Waals surface area contributed by atoms with Crippen molar-refractivity contribution in [3.8, 4) is 0 Å². The topological polar surface area (TPSA) is 90.4 Å². The Balaban J connectivity index is 1.94. The van der Waals surface area contributed by atoms with Crippen LogP contribution in [-0.4, -0.2) is 41.4 Å². The minimum atomic E-state index is -0.730. The number of nitrogens with one attached hydrogen (secondary N) is 1. The van der Waals surface area contributed by atoms with E-state index in [4.69, 9.17) is 4.74 Å². The number of carbonyl (C=O) groups excluding carboxylic acids is 2. The molecule has 1 aliphatic rings. The average Bonchev–Trinajstić information content (AvgIpc) is 3.15. The fraction of sp³-hybridized carbons (Fsp3) is 0.714. The Labute approximate surface area is 133 Å². The zero-order valence-corrected chi connectivity index (χ0v) is 13.7. The Morgan fingerprint density at radius 3 is 2.68 bits per heavy atom. The van der Waals surface area contributed by atoms with Gasteiger partial charge in [0.25, 0.3) is 5.91 Å². The number of anilines is 1. The first-order chi connectivity index (χ1) is 10.6. The molecule has 0 bridgehead atoms. The second-order valence-electron chi connectivity index (χ2n) is 5.17. The van der Waals surface area contributed by atoms with Gasteiger partial charge in [0.05, 0.1) is 13.5 Å². The van der Waals surface area contributed by atoms with Gasteiger partial charge < -0.3 is 9.47 Å². The fourth-order valence-electron chi connectivity index (χ4n) is 2.59. The van der Waals surface area contributed by atoms with Crippen molar-refractivity contribution < 1.29 is 19.1 Å². The van der Waals surface area contributed by atoms with Crippen LogP contribution in [0.3, 0.4) is 0 Å². The van der Waals surface area contributed by atoms with Gasteiger partial charge in [-0.25, -0.2) is 0 Å². The Bertz CT molecular complexity index is 526. The Kier molecular flexibility index (Phi) is 5.84. The second-order valence-corrected chi connectivity index (χ2v) is 6.23. The molecule has 7 nitrogen and oxygen atoms in total. The summed E-state index contributed by atoms with van der Waals surface area (Å²) < 4.78 is 10.3. The minimum absolute atomic E-state index is 0.150. The lowest BCUT2D eigenvalue weighted by Crippen LogP contribution is -2.43. The van der Waals surface area contributed by atoms with E-state index in [2.05, 4.69) is 20.3 Å². The summed E-state index contributed by atoms with van der Waals surface area (Å²) in [5.74, 6) is -0.440. The van der Waals surface area contributed by atoms with E-state index in [1.165, 1.54) is 18.4 Å². The smallest absolute Gasteiger partial charge is 0.305 e. The molecule has 1 fully saturated rings. The summed E-state index contributed by atoms with van der Waals surface area (Å²) >= 11 is 1.27. The van der Waals surface area contributed by atoms with Crippen LogP contribution in [0.4, 0.5) is 5.13 Å².